The fourth-order valence-electron chi connectivity index (χ4n) is 2.62. The van der Waals surface area contributed by atoms with Gasteiger partial charge in [0.25, 0.3) is 0 Å². The lowest BCUT2D eigenvalue weighted by atomic mass is 9.92. The SMILES string of the molecule is CC(c1ccc(Cl)cc1)c1ccc(-c2ccc(I)cc2F)cc1. The second-order valence-electron chi connectivity index (χ2n) is 5.52. The van der Waals surface area contributed by atoms with E-state index in [-0.39, 0.29) is 11.7 Å². The molecule has 0 N–H and O–H groups in total. The molecule has 0 saturated heterocycles. The predicted molar refractivity (Wildman–Crippen MR) is 104 cm³/mol. The van der Waals surface area contributed by atoms with Crippen molar-refractivity contribution < 1.29 is 4.39 Å². The minimum atomic E-state index is -0.185. The zero-order valence-corrected chi connectivity index (χ0v) is 15.5. The van der Waals surface area contributed by atoms with Crippen molar-refractivity contribution in [2.45, 2.75) is 12.8 Å². The van der Waals surface area contributed by atoms with Crippen molar-refractivity contribution in [3.8, 4) is 11.1 Å². The standard InChI is InChI=1S/C20H15ClFI/c1-13(15-6-8-17(21)9-7-15)14-2-4-16(5-3-14)19-11-10-18(23)12-20(19)22/h2-13H,1H3. The highest BCUT2D eigenvalue weighted by molar-refractivity contribution is 14.1. The van der Waals surface area contributed by atoms with Crippen LogP contribution in [0.25, 0.3) is 11.1 Å². The van der Waals surface area contributed by atoms with Crippen LogP contribution in [0, 0.1) is 9.39 Å². The van der Waals surface area contributed by atoms with E-state index < -0.39 is 0 Å². The van der Waals surface area contributed by atoms with E-state index >= 15 is 0 Å². The highest BCUT2D eigenvalue weighted by atomic mass is 127. The van der Waals surface area contributed by atoms with Gasteiger partial charge in [0.05, 0.1) is 0 Å². The maximum Gasteiger partial charge on any atom is 0.132 e. The molecule has 1 atom stereocenters. The summed E-state index contributed by atoms with van der Waals surface area (Å²) in [7, 11) is 0. The summed E-state index contributed by atoms with van der Waals surface area (Å²) in [4.78, 5) is 0. The summed E-state index contributed by atoms with van der Waals surface area (Å²) in [5.74, 6) is 0.0817. The van der Waals surface area contributed by atoms with Crippen LogP contribution < -0.4 is 0 Å². The summed E-state index contributed by atoms with van der Waals surface area (Å²) in [6, 6.07) is 21.3. The van der Waals surface area contributed by atoms with Gasteiger partial charge < -0.3 is 0 Å². The van der Waals surface area contributed by atoms with Gasteiger partial charge >= 0.3 is 0 Å². The molecule has 1 unspecified atom stereocenters. The van der Waals surface area contributed by atoms with Gasteiger partial charge in [-0.2, -0.15) is 0 Å². The van der Waals surface area contributed by atoms with Gasteiger partial charge in [0.2, 0.25) is 0 Å². The third kappa shape index (κ3) is 3.75. The first-order valence-corrected chi connectivity index (χ1v) is 8.81. The summed E-state index contributed by atoms with van der Waals surface area (Å²) in [5, 5.41) is 0.741. The van der Waals surface area contributed by atoms with E-state index in [1.165, 1.54) is 11.1 Å². The summed E-state index contributed by atoms with van der Waals surface area (Å²) in [6.45, 7) is 2.16. The Kier molecular flexibility index (Phi) is 5.02. The first-order valence-electron chi connectivity index (χ1n) is 7.35. The van der Waals surface area contributed by atoms with Gasteiger partial charge in [-0.25, -0.2) is 4.39 Å². The van der Waals surface area contributed by atoms with E-state index in [0.29, 0.717) is 5.56 Å². The lowest BCUT2D eigenvalue weighted by Crippen LogP contribution is -1.96. The molecule has 0 aliphatic heterocycles. The largest absolute Gasteiger partial charge is 0.206 e. The Balaban J connectivity index is 1.88. The average Bonchev–Trinajstić information content (AvgIpc) is 2.55. The average molecular weight is 437 g/mol. The summed E-state index contributed by atoms with van der Waals surface area (Å²) in [5.41, 5.74) is 3.94. The lowest BCUT2D eigenvalue weighted by Gasteiger charge is -2.13. The Bertz CT molecular complexity index is 810. The molecule has 0 fully saturated rings. The molecule has 3 aromatic carbocycles. The van der Waals surface area contributed by atoms with Crippen LogP contribution in [0.3, 0.4) is 0 Å². The Morgan fingerprint density at radius 1 is 0.870 bits per heavy atom. The third-order valence-corrected chi connectivity index (χ3v) is 4.95. The van der Waals surface area contributed by atoms with Crippen molar-refractivity contribution in [1.82, 2.24) is 0 Å². The number of hydrogen-bond donors (Lipinski definition) is 0. The van der Waals surface area contributed by atoms with Gasteiger partial charge in [-0.1, -0.05) is 61.0 Å². The second kappa shape index (κ2) is 7.02. The topological polar surface area (TPSA) is 0 Å². The fourth-order valence-corrected chi connectivity index (χ4v) is 3.20. The van der Waals surface area contributed by atoms with Crippen molar-refractivity contribution in [2.24, 2.45) is 0 Å². The second-order valence-corrected chi connectivity index (χ2v) is 7.20. The van der Waals surface area contributed by atoms with Crippen LogP contribution >= 0.6 is 34.2 Å². The van der Waals surface area contributed by atoms with E-state index in [2.05, 4.69) is 41.6 Å². The first-order chi connectivity index (χ1) is 11.0. The van der Waals surface area contributed by atoms with Gasteiger partial charge in [-0.05, 0) is 63.5 Å². The Labute approximate surface area is 154 Å². The number of rotatable bonds is 3. The highest BCUT2D eigenvalue weighted by Crippen LogP contribution is 2.29. The Morgan fingerprint density at radius 3 is 2.00 bits per heavy atom. The molecule has 0 saturated carbocycles. The normalized spacial score (nSPS) is 12.2. The molecule has 0 radical (unpaired) electrons. The van der Waals surface area contributed by atoms with Crippen LogP contribution in [0.15, 0.2) is 66.7 Å². The van der Waals surface area contributed by atoms with Crippen molar-refractivity contribution in [3.05, 3.63) is 92.3 Å². The molecule has 0 aliphatic carbocycles. The van der Waals surface area contributed by atoms with Gasteiger partial charge in [0.1, 0.15) is 5.82 Å². The van der Waals surface area contributed by atoms with Crippen LogP contribution in [0.5, 0.6) is 0 Å². The Hall–Kier alpha value is -1.39. The molecule has 0 nitrogen and oxygen atoms in total. The zero-order valence-electron chi connectivity index (χ0n) is 12.6. The molecule has 0 heterocycles. The number of hydrogen-bond acceptors (Lipinski definition) is 0. The van der Waals surface area contributed by atoms with E-state index in [1.54, 1.807) is 6.07 Å². The molecule has 3 aromatic rings. The number of halogens is 3. The molecular weight excluding hydrogens is 422 g/mol. The third-order valence-electron chi connectivity index (χ3n) is 4.02. The van der Waals surface area contributed by atoms with E-state index in [0.717, 1.165) is 14.2 Å². The predicted octanol–water partition coefficient (Wildman–Crippen LogP) is 6.90. The van der Waals surface area contributed by atoms with Gasteiger partial charge in [-0.3, -0.25) is 0 Å². The molecule has 3 rings (SSSR count). The fraction of sp³-hybridized carbons (Fsp3) is 0.100. The number of benzene rings is 3. The van der Waals surface area contributed by atoms with Crippen molar-refractivity contribution in [3.63, 3.8) is 0 Å². The molecule has 116 valence electrons. The monoisotopic (exact) mass is 436 g/mol. The van der Waals surface area contributed by atoms with Crippen molar-refractivity contribution in [1.29, 1.82) is 0 Å². The zero-order chi connectivity index (χ0) is 16.4. The smallest absolute Gasteiger partial charge is 0.132 e. The maximum absolute atomic E-state index is 14.1. The minimum absolute atomic E-state index is 0.185. The molecule has 0 bridgehead atoms. The van der Waals surface area contributed by atoms with Crippen LogP contribution in [0.2, 0.25) is 5.02 Å². The van der Waals surface area contributed by atoms with Crippen LogP contribution in [0.4, 0.5) is 4.39 Å². The van der Waals surface area contributed by atoms with Crippen molar-refractivity contribution >= 4 is 34.2 Å². The highest BCUT2D eigenvalue weighted by Gasteiger charge is 2.10. The van der Waals surface area contributed by atoms with E-state index in [4.69, 9.17) is 11.6 Å². The Morgan fingerprint density at radius 2 is 1.43 bits per heavy atom. The van der Waals surface area contributed by atoms with Crippen LogP contribution in [0.1, 0.15) is 24.0 Å². The quantitative estimate of drug-likeness (QED) is 0.392. The molecule has 0 aromatic heterocycles. The maximum atomic E-state index is 14.1. The van der Waals surface area contributed by atoms with Crippen molar-refractivity contribution in [2.75, 3.05) is 0 Å². The molecule has 23 heavy (non-hydrogen) atoms. The summed E-state index contributed by atoms with van der Waals surface area (Å²) in [6.07, 6.45) is 0. The van der Waals surface area contributed by atoms with Crippen LogP contribution in [-0.4, -0.2) is 0 Å². The first kappa shape index (κ1) is 16.5. The molecule has 0 spiro atoms. The minimum Gasteiger partial charge on any atom is -0.206 e. The molecule has 0 aliphatic rings. The molecule has 0 amide bonds. The summed E-state index contributed by atoms with van der Waals surface area (Å²) >= 11 is 8.06. The molecule has 3 heteroatoms. The van der Waals surface area contributed by atoms with Gasteiger partial charge in [-0.15, -0.1) is 0 Å². The van der Waals surface area contributed by atoms with E-state index in [1.807, 2.05) is 48.5 Å². The molecular formula is C20H15ClFI. The van der Waals surface area contributed by atoms with Gasteiger partial charge in [0, 0.05) is 20.1 Å². The lowest BCUT2D eigenvalue weighted by molar-refractivity contribution is 0.630. The summed E-state index contributed by atoms with van der Waals surface area (Å²) < 4.78 is 15.0. The van der Waals surface area contributed by atoms with Gasteiger partial charge in [0.15, 0.2) is 0 Å². The van der Waals surface area contributed by atoms with Crippen LogP contribution in [-0.2, 0) is 0 Å². The van der Waals surface area contributed by atoms with E-state index in [9.17, 15) is 4.39 Å².